The van der Waals surface area contributed by atoms with Crippen LogP contribution in [0.5, 0.6) is 0 Å². The van der Waals surface area contributed by atoms with E-state index in [-0.39, 0.29) is 5.82 Å². The molecule has 1 aromatic rings. The summed E-state index contributed by atoms with van der Waals surface area (Å²) in [5.41, 5.74) is 0.758. The third-order valence-electron chi connectivity index (χ3n) is 3.41. The maximum absolute atomic E-state index is 13.8. The van der Waals surface area contributed by atoms with Crippen LogP contribution in [-0.2, 0) is 6.54 Å². The van der Waals surface area contributed by atoms with Crippen molar-refractivity contribution in [1.29, 1.82) is 0 Å². The van der Waals surface area contributed by atoms with Gasteiger partial charge in [-0.1, -0.05) is 22.0 Å². The molecule has 2 atom stereocenters. The van der Waals surface area contributed by atoms with Crippen molar-refractivity contribution in [3.63, 3.8) is 0 Å². The lowest BCUT2D eigenvalue weighted by atomic mass is 10.1. The topological polar surface area (TPSA) is 15.3 Å². The predicted molar refractivity (Wildman–Crippen MR) is 71.4 cm³/mol. The molecule has 1 N–H and O–H groups in total. The van der Waals surface area contributed by atoms with E-state index in [1.165, 1.54) is 6.07 Å². The molecule has 1 aromatic carbocycles. The number of halogens is 2. The van der Waals surface area contributed by atoms with Gasteiger partial charge in [0.2, 0.25) is 0 Å². The second-order valence-corrected chi connectivity index (χ2v) is 5.58. The summed E-state index contributed by atoms with van der Waals surface area (Å²) in [6, 6.07) is 6.02. The smallest absolute Gasteiger partial charge is 0.128 e. The fraction of sp³-hybridized carbons (Fsp3) is 0.538. The van der Waals surface area contributed by atoms with Crippen LogP contribution in [0.25, 0.3) is 0 Å². The molecule has 0 aromatic heterocycles. The minimum atomic E-state index is -0.127. The van der Waals surface area contributed by atoms with Gasteiger partial charge >= 0.3 is 0 Å². The number of nitrogens with one attached hydrogen (secondary N) is 1. The monoisotopic (exact) mass is 300 g/mol. The second kappa shape index (κ2) is 5.46. The Kier molecular flexibility index (Phi) is 4.17. The average molecular weight is 301 g/mol. The lowest BCUT2D eigenvalue weighted by Gasteiger charge is -2.39. The van der Waals surface area contributed by atoms with E-state index in [1.54, 1.807) is 6.07 Å². The molecule has 1 aliphatic heterocycles. The zero-order valence-corrected chi connectivity index (χ0v) is 11.8. The minimum Gasteiger partial charge on any atom is -0.314 e. The largest absolute Gasteiger partial charge is 0.314 e. The molecule has 0 saturated carbocycles. The average Bonchev–Trinajstić information content (AvgIpc) is 2.27. The first-order chi connectivity index (χ1) is 8.09. The fourth-order valence-corrected chi connectivity index (χ4v) is 2.82. The van der Waals surface area contributed by atoms with E-state index in [0.29, 0.717) is 18.6 Å². The third kappa shape index (κ3) is 2.87. The molecule has 4 heteroatoms. The molecule has 94 valence electrons. The highest BCUT2D eigenvalue weighted by Crippen LogP contribution is 2.23. The van der Waals surface area contributed by atoms with Gasteiger partial charge in [0.25, 0.3) is 0 Å². The van der Waals surface area contributed by atoms with Crippen LogP contribution in [0.2, 0.25) is 0 Å². The highest BCUT2D eigenvalue weighted by atomic mass is 79.9. The van der Waals surface area contributed by atoms with Gasteiger partial charge in [0.15, 0.2) is 0 Å². The van der Waals surface area contributed by atoms with Gasteiger partial charge in [-0.3, -0.25) is 4.90 Å². The maximum atomic E-state index is 13.8. The van der Waals surface area contributed by atoms with E-state index in [2.05, 4.69) is 40.0 Å². The van der Waals surface area contributed by atoms with Crippen LogP contribution >= 0.6 is 15.9 Å². The van der Waals surface area contributed by atoms with Gasteiger partial charge in [0.05, 0.1) is 0 Å². The van der Waals surface area contributed by atoms with Crippen LogP contribution in [0.15, 0.2) is 22.7 Å². The van der Waals surface area contributed by atoms with Crippen LogP contribution in [0.3, 0.4) is 0 Å². The summed E-state index contributed by atoms with van der Waals surface area (Å²) < 4.78 is 14.6. The van der Waals surface area contributed by atoms with Crippen molar-refractivity contribution in [2.75, 3.05) is 13.1 Å². The molecule has 0 bridgehead atoms. The van der Waals surface area contributed by atoms with Crippen LogP contribution in [0, 0.1) is 5.82 Å². The van der Waals surface area contributed by atoms with Crippen molar-refractivity contribution in [1.82, 2.24) is 10.2 Å². The second-order valence-electron chi connectivity index (χ2n) is 4.73. The maximum Gasteiger partial charge on any atom is 0.128 e. The summed E-state index contributed by atoms with van der Waals surface area (Å²) in [7, 11) is 0. The Morgan fingerprint density at radius 1 is 1.35 bits per heavy atom. The summed E-state index contributed by atoms with van der Waals surface area (Å²) >= 11 is 3.43. The molecule has 0 aliphatic carbocycles. The molecular weight excluding hydrogens is 283 g/mol. The van der Waals surface area contributed by atoms with Crippen LogP contribution in [0.4, 0.5) is 4.39 Å². The van der Waals surface area contributed by atoms with Gasteiger partial charge in [0.1, 0.15) is 5.82 Å². The number of hydrogen-bond donors (Lipinski definition) is 1. The summed E-state index contributed by atoms with van der Waals surface area (Å²) in [4.78, 5) is 2.35. The van der Waals surface area contributed by atoms with Gasteiger partial charge in [-0.25, -0.2) is 4.39 Å². The van der Waals surface area contributed by atoms with Crippen LogP contribution < -0.4 is 5.32 Å². The van der Waals surface area contributed by atoms with E-state index in [4.69, 9.17) is 0 Å². The normalized spacial score (nSPS) is 26.1. The number of nitrogens with zero attached hydrogens (tertiary/aromatic N) is 1. The van der Waals surface area contributed by atoms with E-state index in [1.807, 2.05) is 6.07 Å². The van der Waals surface area contributed by atoms with Crippen molar-refractivity contribution in [2.24, 2.45) is 0 Å². The van der Waals surface area contributed by atoms with E-state index >= 15 is 0 Å². The Hall–Kier alpha value is -0.450. The molecular formula is C13H18BrFN2. The van der Waals surface area contributed by atoms with Crippen molar-refractivity contribution < 1.29 is 4.39 Å². The number of piperazine rings is 1. The minimum absolute atomic E-state index is 0.127. The van der Waals surface area contributed by atoms with Gasteiger partial charge in [-0.15, -0.1) is 0 Å². The van der Waals surface area contributed by atoms with E-state index in [0.717, 1.165) is 23.1 Å². The first kappa shape index (κ1) is 13.0. The molecule has 0 unspecified atom stereocenters. The Labute approximate surface area is 110 Å². The quantitative estimate of drug-likeness (QED) is 0.903. The lowest BCUT2D eigenvalue weighted by Crippen LogP contribution is -2.54. The van der Waals surface area contributed by atoms with Crippen LogP contribution in [0.1, 0.15) is 19.4 Å². The summed E-state index contributed by atoms with van der Waals surface area (Å²) in [5, 5.41) is 3.38. The zero-order chi connectivity index (χ0) is 12.4. The van der Waals surface area contributed by atoms with Gasteiger partial charge < -0.3 is 5.32 Å². The summed E-state index contributed by atoms with van der Waals surface area (Å²) in [5.74, 6) is -0.127. The first-order valence-electron chi connectivity index (χ1n) is 5.99. The Bertz CT molecular complexity index is 367. The highest BCUT2D eigenvalue weighted by Gasteiger charge is 2.25. The van der Waals surface area contributed by atoms with Gasteiger partial charge in [-0.2, -0.15) is 0 Å². The molecule has 1 fully saturated rings. The van der Waals surface area contributed by atoms with Crippen LogP contribution in [-0.4, -0.2) is 30.1 Å². The highest BCUT2D eigenvalue weighted by molar-refractivity contribution is 9.10. The molecule has 1 saturated heterocycles. The van der Waals surface area contributed by atoms with Crippen molar-refractivity contribution in [3.05, 3.63) is 34.1 Å². The lowest BCUT2D eigenvalue weighted by molar-refractivity contribution is 0.107. The van der Waals surface area contributed by atoms with E-state index in [9.17, 15) is 4.39 Å². The standard InChI is InChI=1S/C13H18BrFN2/c1-9-6-16-7-10(2)17(9)8-11-12(14)4-3-5-13(11)15/h3-5,9-10,16H,6-8H2,1-2H3/t9-,10+. The molecule has 2 nitrogen and oxygen atoms in total. The molecule has 2 rings (SSSR count). The number of benzene rings is 1. The number of rotatable bonds is 2. The van der Waals surface area contributed by atoms with Crippen molar-refractivity contribution >= 4 is 15.9 Å². The Balaban J connectivity index is 2.19. The molecule has 0 spiro atoms. The van der Waals surface area contributed by atoms with Gasteiger partial charge in [0, 0.05) is 41.8 Å². The molecule has 1 heterocycles. The first-order valence-corrected chi connectivity index (χ1v) is 6.78. The Morgan fingerprint density at radius 3 is 2.59 bits per heavy atom. The number of hydrogen-bond acceptors (Lipinski definition) is 2. The third-order valence-corrected chi connectivity index (χ3v) is 4.16. The summed E-state index contributed by atoms with van der Waals surface area (Å²) in [6.45, 7) is 6.96. The molecule has 17 heavy (non-hydrogen) atoms. The van der Waals surface area contributed by atoms with Crippen molar-refractivity contribution in [3.8, 4) is 0 Å². The SMILES string of the molecule is C[C@@H]1CNC[C@H](C)N1Cc1c(F)cccc1Br. The molecule has 0 amide bonds. The predicted octanol–water partition coefficient (Wildman–Crippen LogP) is 2.77. The zero-order valence-electron chi connectivity index (χ0n) is 10.2. The summed E-state index contributed by atoms with van der Waals surface area (Å²) in [6.07, 6.45) is 0. The molecule has 1 aliphatic rings. The Morgan fingerprint density at radius 2 is 2.00 bits per heavy atom. The van der Waals surface area contributed by atoms with Gasteiger partial charge in [-0.05, 0) is 26.0 Å². The molecule has 0 radical (unpaired) electrons. The van der Waals surface area contributed by atoms with E-state index < -0.39 is 0 Å². The van der Waals surface area contributed by atoms with Crippen molar-refractivity contribution in [2.45, 2.75) is 32.5 Å². The fourth-order valence-electron chi connectivity index (χ4n) is 2.35.